The van der Waals surface area contributed by atoms with Crippen LogP contribution in [-0.4, -0.2) is 16.0 Å². The number of aryl methyl sites for hydroxylation is 3. The van der Waals surface area contributed by atoms with Crippen molar-refractivity contribution in [3.05, 3.63) is 94.3 Å². The minimum atomic E-state index is -4.35. The Hall–Kier alpha value is -2.53. The van der Waals surface area contributed by atoms with Crippen LogP contribution in [0.5, 0.6) is 0 Å². The van der Waals surface area contributed by atoms with Crippen LogP contribution >= 0.6 is 0 Å². The number of alkyl halides is 3. The van der Waals surface area contributed by atoms with Crippen molar-refractivity contribution in [3.63, 3.8) is 0 Å². The molecule has 1 aromatic heterocycles. The number of halogens is 3. The smallest absolute Gasteiger partial charge is 0.350 e. The standard InChI is InChI=1S/C24H25F3N2/c1-17-10-11-19(15-18(17)2)23-22-9-5-12-28(22)13-6-14-29(23)16-20-7-3-4-8-21(20)24(25,26)27/h3-5,7-12,15,23H,6,13-14,16H2,1-2H3. The maximum atomic E-state index is 13.6. The predicted octanol–water partition coefficient (Wildman–Crippen LogP) is 6.12. The van der Waals surface area contributed by atoms with E-state index >= 15 is 0 Å². The molecule has 152 valence electrons. The Balaban J connectivity index is 1.78. The number of hydrogen-bond donors (Lipinski definition) is 0. The Kier molecular flexibility index (Phi) is 5.26. The van der Waals surface area contributed by atoms with Crippen molar-refractivity contribution in [1.29, 1.82) is 0 Å². The van der Waals surface area contributed by atoms with Crippen molar-refractivity contribution >= 4 is 0 Å². The number of aromatic nitrogens is 1. The predicted molar refractivity (Wildman–Crippen MR) is 109 cm³/mol. The Morgan fingerprint density at radius 1 is 0.931 bits per heavy atom. The second kappa shape index (κ2) is 7.71. The topological polar surface area (TPSA) is 8.17 Å². The van der Waals surface area contributed by atoms with Crippen molar-refractivity contribution in [2.45, 2.75) is 45.6 Å². The molecule has 0 aliphatic carbocycles. The summed E-state index contributed by atoms with van der Waals surface area (Å²) in [5, 5.41) is 0. The van der Waals surface area contributed by atoms with Gasteiger partial charge in [-0.15, -0.1) is 0 Å². The molecule has 29 heavy (non-hydrogen) atoms. The monoisotopic (exact) mass is 398 g/mol. The summed E-state index contributed by atoms with van der Waals surface area (Å²) in [4.78, 5) is 2.19. The molecular formula is C24H25F3N2. The van der Waals surface area contributed by atoms with E-state index in [-0.39, 0.29) is 12.6 Å². The molecule has 1 aliphatic heterocycles. The van der Waals surface area contributed by atoms with Gasteiger partial charge in [-0.25, -0.2) is 0 Å². The molecular weight excluding hydrogens is 373 g/mol. The van der Waals surface area contributed by atoms with Gasteiger partial charge in [-0.2, -0.15) is 13.2 Å². The molecule has 2 aromatic carbocycles. The Labute approximate surface area is 169 Å². The van der Waals surface area contributed by atoms with Crippen LogP contribution in [0.3, 0.4) is 0 Å². The molecule has 2 heterocycles. The summed E-state index contributed by atoms with van der Waals surface area (Å²) < 4.78 is 42.9. The largest absolute Gasteiger partial charge is 0.416 e. The van der Waals surface area contributed by atoms with Crippen LogP contribution in [0.15, 0.2) is 60.8 Å². The first kappa shape index (κ1) is 19.8. The van der Waals surface area contributed by atoms with E-state index in [4.69, 9.17) is 0 Å². The van der Waals surface area contributed by atoms with E-state index in [1.807, 2.05) is 6.07 Å². The van der Waals surface area contributed by atoms with Crippen LogP contribution in [0, 0.1) is 13.8 Å². The molecule has 0 spiro atoms. The van der Waals surface area contributed by atoms with Gasteiger partial charge >= 0.3 is 6.18 Å². The average molecular weight is 398 g/mol. The van der Waals surface area contributed by atoms with Crippen LogP contribution in [0.1, 0.15) is 46.0 Å². The van der Waals surface area contributed by atoms with Gasteiger partial charge in [0.2, 0.25) is 0 Å². The zero-order chi connectivity index (χ0) is 20.6. The Bertz CT molecular complexity index is 1000. The first-order valence-electron chi connectivity index (χ1n) is 9.96. The molecule has 1 unspecified atom stereocenters. The molecule has 0 bridgehead atoms. The maximum absolute atomic E-state index is 13.6. The minimum absolute atomic E-state index is 0.0758. The fourth-order valence-electron chi connectivity index (χ4n) is 4.28. The molecule has 0 amide bonds. The SMILES string of the molecule is Cc1ccc(C2c3cccn3CCCN2Cc2ccccc2C(F)(F)F)cc1C. The first-order chi connectivity index (χ1) is 13.8. The molecule has 2 nitrogen and oxygen atoms in total. The van der Waals surface area contributed by atoms with Gasteiger partial charge in [0, 0.05) is 31.5 Å². The van der Waals surface area contributed by atoms with Gasteiger partial charge in [0.1, 0.15) is 0 Å². The van der Waals surface area contributed by atoms with E-state index in [1.54, 1.807) is 12.1 Å². The third-order valence-corrected chi connectivity index (χ3v) is 5.90. The zero-order valence-electron chi connectivity index (χ0n) is 16.7. The van der Waals surface area contributed by atoms with Crippen LogP contribution < -0.4 is 0 Å². The number of hydrogen-bond acceptors (Lipinski definition) is 1. The Morgan fingerprint density at radius 2 is 1.72 bits per heavy atom. The molecule has 4 rings (SSSR count). The lowest BCUT2D eigenvalue weighted by atomic mass is 9.96. The minimum Gasteiger partial charge on any atom is -0.350 e. The van der Waals surface area contributed by atoms with Crippen LogP contribution in [0.4, 0.5) is 13.2 Å². The molecule has 0 radical (unpaired) electrons. The highest BCUT2D eigenvalue weighted by atomic mass is 19.4. The molecule has 0 saturated carbocycles. The fraction of sp³-hybridized carbons (Fsp3) is 0.333. The van der Waals surface area contributed by atoms with Crippen LogP contribution in [0.25, 0.3) is 0 Å². The highest BCUT2D eigenvalue weighted by molar-refractivity contribution is 5.37. The molecule has 1 aliphatic rings. The van der Waals surface area contributed by atoms with E-state index in [0.29, 0.717) is 5.56 Å². The van der Waals surface area contributed by atoms with Gasteiger partial charge in [0.05, 0.1) is 11.6 Å². The summed E-state index contributed by atoms with van der Waals surface area (Å²) in [6.45, 7) is 6.04. The fourth-order valence-corrected chi connectivity index (χ4v) is 4.28. The van der Waals surface area contributed by atoms with Gasteiger partial charge in [-0.05, 0) is 60.7 Å². The maximum Gasteiger partial charge on any atom is 0.416 e. The third-order valence-electron chi connectivity index (χ3n) is 5.90. The molecule has 0 saturated heterocycles. The molecule has 1 atom stereocenters. The Morgan fingerprint density at radius 3 is 2.48 bits per heavy atom. The summed E-state index contributed by atoms with van der Waals surface area (Å²) in [5.41, 5.74) is 4.45. The molecule has 0 fully saturated rings. The normalized spacial score (nSPS) is 17.8. The number of nitrogens with zero attached hydrogens (tertiary/aromatic N) is 2. The van der Waals surface area contributed by atoms with Gasteiger partial charge in [0.15, 0.2) is 0 Å². The molecule has 3 aromatic rings. The lowest BCUT2D eigenvalue weighted by Crippen LogP contribution is -2.30. The molecule has 5 heteroatoms. The van der Waals surface area contributed by atoms with Crippen molar-refractivity contribution in [2.75, 3.05) is 6.54 Å². The quantitative estimate of drug-likeness (QED) is 0.516. The van der Waals surface area contributed by atoms with Crippen molar-refractivity contribution < 1.29 is 13.2 Å². The summed E-state index contributed by atoms with van der Waals surface area (Å²) in [6.07, 6.45) is -1.38. The zero-order valence-corrected chi connectivity index (χ0v) is 16.7. The summed E-state index contributed by atoms with van der Waals surface area (Å²) in [5.74, 6) is 0. The van der Waals surface area contributed by atoms with E-state index < -0.39 is 11.7 Å². The van der Waals surface area contributed by atoms with Crippen LogP contribution in [-0.2, 0) is 19.3 Å². The first-order valence-corrected chi connectivity index (χ1v) is 9.96. The number of benzene rings is 2. The van der Waals surface area contributed by atoms with Crippen LogP contribution in [0.2, 0.25) is 0 Å². The van der Waals surface area contributed by atoms with Gasteiger partial charge in [0.25, 0.3) is 0 Å². The average Bonchev–Trinajstić information content (AvgIpc) is 3.05. The van der Waals surface area contributed by atoms with Gasteiger partial charge in [-0.3, -0.25) is 4.90 Å². The summed E-state index contributed by atoms with van der Waals surface area (Å²) in [7, 11) is 0. The van der Waals surface area contributed by atoms with Crippen molar-refractivity contribution in [1.82, 2.24) is 9.47 Å². The molecule has 0 N–H and O–H groups in total. The van der Waals surface area contributed by atoms with E-state index in [1.165, 1.54) is 23.3 Å². The van der Waals surface area contributed by atoms with Crippen molar-refractivity contribution in [3.8, 4) is 0 Å². The van der Waals surface area contributed by atoms with Crippen molar-refractivity contribution in [2.24, 2.45) is 0 Å². The lowest BCUT2D eigenvalue weighted by molar-refractivity contribution is -0.138. The second-order valence-corrected chi connectivity index (χ2v) is 7.85. The van der Waals surface area contributed by atoms with Gasteiger partial charge < -0.3 is 4.57 Å². The lowest BCUT2D eigenvalue weighted by Gasteiger charge is -2.32. The third kappa shape index (κ3) is 3.97. The van der Waals surface area contributed by atoms with E-state index in [0.717, 1.165) is 30.8 Å². The number of fused-ring (bicyclic) bond motifs is 1. The van der Waals surface area contributed by atoms with Gasteiger partial charge in [-0.1, -0.05) is 36.4 Å². The highest BCUT2D eigenvalue weighted by Gasteiger charge is 2.35. The van der Waals surface area contributed by atoms with E-state index in [2.05, 4.69) is 53.8 Å². The summed E-state index contributed by atoms with van der Waals surface area (Å²) in [6, 6.07) is 16.4. The summed E-state index contributed by atoms with van der Waals surface area (Å²) >= 11 is 0. The van der Waals surface area contributed by atoms with E-state index in [9.17, 15) is 13.2 Å². The highest BCUT2D eigenvalue weighted by Crippen LogP contribution is 2.37. The second-order valence-electron chi connectivity index (χ2n) is 7.85. The number of rotatable bonds is 3.